The van der Waals surface area contributed by atoms with Crippen LogP contribution < -0.4 is 20.5 Å². The molecule has 2 aromatic carbocycles. The Morgan fingerprint density at radius 2 is 1.88 bits per heavy atom. The molecular weight excluding hydrogens is 302 g/mol. The Morgan fingerprint density at radius 3 is 2.75 bits per heavy atom. The van der Waals surface area contributed by atoms with Crippen LogP contribution in [0.1, 0.15) is 17.5 Å². The fourth-order valence-electron chi connectivity index (χ4n) is 2.58. The first-order valence-electron chi connectivity index (χ1n) is 8.28. The van der Waals surface area contributed by atoms with Gasteiger partial charge < -0.3 is 20.5 Å². The van der Waals surface area contributed by atoms with Crippen molar-refractivity contribution in [2.45, 2.75) is 19.4 Å². The van der Waals surface area contributed by atoms with Crippen LogP contribution in [0.25, 0.3) is 0 Å². The molecule has 5 heteroatoms. The zero-order valence-electron chi connectivity index (χ0n) is 13.7. The topological polar surface area (TPSA) is 68.9 Å². The Labute approximate surface area is 142 Å². The van der Waals surface area contributed by atoms with Crippen LogP contribution in [0.5, 0.6) is 11.5 Å². The molecule has 0 aliphatic carbocycles. The van der Waals surface area contributed by atoms with E-state index in [9.17, 15) is 0 Å². The lowest BCUT2D eigenvalue weighted by molar-refractivity contribution is 0.296. The van der Waals surface area contributed by atoms with E-state index in [4.69, 9.17) is 15.2 Å². The van der Waals surface area contributed by atoms with Crippen molar-refractivity contribution in [3.63, 3.8) is 0 Å². The summed E-state index contributed by atoms with van der Waals surface area (Å²) in [7, 11) is 0. The number of rotatable bonds is 5. The van der Waals surface area contributed by atoms with Gasteiger partial charge in [-0.3, -0.25) is 0 Å². The van der Waals surface area contributed by atoms with Crippen LogP contribution in [0.3, 0.4) is 0 Å². The fraction of sp³-hybridized carbons (Fsp3) is 0.316. The van der Waals surface area contributed by atoms with Gasteiger partial charge in [0.05, 0.1) is 19.8 Å². The van der Waals surface area contributed by atoms with Gasteiger partial charge in [0.15, 0.2) is 17.5 Å². The number of aliphatic imine (C=N–C) groups is 1. The van der Waals surface area contributed by atoms with Gasteiger partial charge in [-0.1, -0.05) is 42.5 Å². The van der Waals surface area contributed by atoms with Crippen LogP contribution in [0.2, 0.25) is 0 Å². The summed E-state index contributed by atoms with van der Waals surface area (Å²) in [4.78, 5) is 4.41. The predicted molar refractivity (Wildman–Crippen MR) is 95.5 cm³/mol. The molecule has 0 atom stereocenters. The number of fused-ring (bicyclic) bond motifs is 1. The van der Waals surface area contributed by atoms with Crippen molar-refractivity contribution in [3.8, 4) is 11.5 Å². The third kappa shape index (κ3) is 4.41. The van der Waals surface area contributed by atoms with Gasteiger partial charge in [-0.05, 0) is 18.1 Å². The normalized spacial score (nSPS) is 14.1. The van der Waals surface area contributed by atoms with Crippen LogP contribution in [0.4, 0.5) is 0 Å². The Balaban J connectivity index is 1.55. The number of hydrogen-bond donors (Lipinski definition) is 2. The van der Waals surface area contributed by atoms with Crippen molar-refractivity contribution >= 4 is 5.96 Å². The first kappa shape index (κ1) is 16.2. The quantitative estimate of drug-likeness (QED) is 0.655. The van der Waals surface area contributed by atoms with Gasteiger partial charge in [-0.25, -0.2) is 4.99 Å². The second-order valence-corrected chi connectivity index (χ2v) is 5.66. The van der Waals surface area contributed by atoms with E-state index >= 15 is 0 Å². The van der Waals surface area contributed by atoms with Crippen molar-refractivity contribution in [2.24, 2.45) is 10.7 Å². The number of guanidine groups is 1. The molecule has 24 heavy (non-hydrogen) atoms. The molecule has 1 aliphatic heterocycles. The van der Waals surface area contributed by atoms with Crippen molar-refractivity contribution in [1.82, 2.24) is 5.32 Å². The van der Waals surface area contributed by atoms with E-state index in [2.05, 4.69) is 22.4 Å². The van der Waals surface area contributed by atoms with E-state index in [1.165, 1.54) is 5.56 Å². The number of hydrogen-bond acceptors (Lipinski definition) is 3. The molecule has 0 bridgehead atoms. The number of ether oxygens (including phenoxy) is 2. The molecule has 0 fully saturated rings. The molecule has 0 aromatic heterocycles. The first-order chi connectivity index (χ1) is 11.8. The molecule has 2 aromatic rings. The minimum atomic E-state index is 0.443. The average molecular weight is 325 g/mol. The highest BCUT2D eigenvalue weighted by molar-refractivity contribution is 5.77. The summed E-state index contributed by atoms with van der Waals surface area (Å²) in [6.07, 6.45) is 1.80. The van der Waals surface area contributed by atoms with Crippen LogP contribution in [0.15, 0.2) is 53.5 Å². The van der Waals surface area contributed by atoms with Gasteiger partial charge in [0.25, 0.3) is 0 Å². The first-order valence-corrected chi connectivity index (χ1v) is 8.28. The highest BCUT2D eigenvalue weighted by atomic mass is 16.5. The Hall–Kier alpha value is -2.69. The summed E-state index contributed by atoms with van der Waals surface area (Å²) in [6, 6.07) is 16.2. The molecule has 0 saturated heterocycles. The smallest absolute Gasteiger partial charge is 0.188 e. The molecule has 0 spiro atoms. The van der Waals surface area contributed by atoms with Crippen LogP contribution in [-0.4, -0.2) is 25.7 Å². The average Bonchev–Trinajstić information content (AvgIpc) is 2.87. The lowest BCUT2D eigenvalue weighted by Gasteiger charge is -2.11. The summed E-state index contributed by atoms with van der Waals surface area (Å²) in [5.41, 5.74) is 8.22. The standard InChI is InChI=1S/C19H23N3O2/c20-19(21-11-10-15-6-2-1-3-7-15)22-14-16-8-4-9-17-18(16)24-13-5-12-23-17/h1-4,6-9H,5,10-14H2,(H3,20,21,22). The van der Waals surface area contributed by atoms with E-state index in [0.29, 0.717) is 25.7 Å². The second-order valence-electron chi connectivity index (χ2n) is 5.66. The monoisotopic (exact) mass is 325 g/mol. The van der Waals surface area contributed by atoms with Crippen molar-refractivity contribution < 1.29 is 9.47 Å². The Bertz CT molecular complexity index is 686. The number of nitrogens with one attached hydrogen (secondary N) is 1. The second kappa shape index (κ2) is 8.24. The zero-order valence-corrected chi connectivity index (χ0v) is 13.7. The summed E-state index contributed by atoms with van der Waals surface area (Å²) >= 11 is 0. The summed E-state index contributed by atoms with van der Waals surface area (Å²) in [5.74, 6) is 2.02. The highest BCUT2D eigenvalue weighted by Gasteiger charge is 2.13. The van der Waals surface area contributed by atoms with Crippen molar-refractivity contribution in [3.05, 3.63) is 59.7 Å². The molecule has 1 heterocycles. The molecule has 0 saturated carbocycles. The van der Waals surface area contributed by atoms with E-state index in [1.807, 2.05) is 36.4 Å². The summed E-state index contributed by atoms with van der Waals surface area (Å²) < 4.78 is 11.5. The number of nitrogens with two attached hydrogens (primary N) is 1. The third-order valence-corrected chi connectivity index (χ3v) is 3.84. The summed E-state index contributed by atoms with van der Waals surface area (Å²) in [6.45, 7) is 2.57. The SMILES string of the molecule is NC(=NCc1cccc2c1OCCCO2)NCCc1ccccc1. The number of benzene rings is 2. The van der Waals surface area contributed by atoms with E-state index in [-0.39, 0.29) is 0 Å². The molecule has 0 radical (unpaired) electrons. The van der Waals surface area contributed by atoms with Gasteiger partial charge in [-0.2, -0.15) is 0 Å². The minimum absolute atomic E-state index is 0.443. The molecule has 1 aliphatic rings. The van der Waals surface area contributed by atoms with E-state index in [0.717, 1.165) is 36.4 Å². The molecule has 5 nitrogen and oxygen atoms in total. The largest absolute Gasteiger partial charge is 0.490 e. The summed E-state index contributed by atoms with van der Waals surface area (Å²) in [5, 5.41) is 3.15. The van der Waals surface area contributed by atoms with Gasteiger partial charge in [0.1, 0.15) is 0 Å². The molecule has 3 rings (SSSR count). The van der Waals surface area contributed by atoms with E-state index < -0.39 is 0 Å². The Morgan fingerprint density at radius 1 is 1.04 bits per heavy atom. The maximum atomic E-state index is 5.96. The highest BCUT2D eigenvalue weighted by Crippen LogP contribution is 2.33. The van der Waals surface area contributed by atoms with Gasteiger partial charge in [0, 0.05) is 18.5 Å². The van der Waals surface area contributed by atoms with Crippen LogP contribution in [-0.2, 0) is 13.0 Å². The molecule has 3 N–H and O–H groups in total. The van der Waals surface area contributed by atoms with Gasteiger partial charge >= 0.3 is 0 Å². The third-order valence-electron chi connectivity index (χ3n) is 3.84. The molecular formula is C19H23N3O2. The lowest BCUT2D eigenvalue weighted by atomic mass is 10.1. The molecule has 0 unspecified atom stereocenters. The maximum Gasteiger partial charge on any atom is 0.188 e. The van der Waals surface area contributed by atoms with E-state index in [1.54, 1.807) is 0 Å². The molecule has 0 amide bonds. The predicted octanol–water partition coefficient (Wildman–Crippen LogP) is 2.49. The molecule has 126 valence electrons. The Kier molecular flexibility index (Phi) is 5.56. The van der Waals surface area contributed by atoms with Gasteiger partial charge in [0.2, 0.25) is 0 Å². The maximum absolute atomic E-state index is 5.96. The van der Waals surface area contributed by atoms with Crippen molar-refractivity contribution in [2.75, 3.05) is 19.8 Å². The van der Waals surface area contributed by atoms with Gasteiger partial charge in [-0.15, -0.1) is 0 Å². The number of nitrogens with zero attached hydrogens (tertiary/aromatic N) is 1. The lowest BCUT2D eigenvalue weighted by Crippen LogP contribution is -2.33. The fourth-order valence-corrected chi connectivity index (χ4v) is 2.58. The van der Waals surface area contributed by atoms with Crippen molar-refractivity contribution in [1.29, 1.82) is 0 Å². The zero-order chi connectivity index (χ0) is 16.6. The number of para-hydroxylation sites is 1. The minimum Gasteiger partial charge on any atom is -0.490 e. The van der Waals surface area contributed by atoms with Crippen LogP contribution in [0, 0.1) is 0 Å². The van der Waals surface area contributed by atoms with Crippen LogP contribution >= 0.6 is 0 Å².